The molecule has 176 valence electrons. The van der Waals surface area contributed by atoms with E-state index in [1.165, 1.54) is 0 Å². The number of carbonyl (C=O) groups excluding carboxylic acids is 1. The lowest BCUT2D eigenvalue weighted by Gasteiger charge is -2.33. The number of nitrogen functional groups attached to an aromatic ring is 1. The van der Waals surface area contributed by atoms with Gasteiger partial charge in [-0.15, -0.1) is 0 Å². The number of nitrogens with zero attached hydrogens (tertiary/aromatic N) is 6. The summed E-state index contributed by atoms with van der Waals surface area (Å²) in [4.78, 5) is 19.0. The van der Waals surface area contributed by atoms with E-state index in [0.717, 1.165) is 35.3 Å². The number of likely N-dealkylation sites (tertiary alicyclic amines) is 1. The van der Waals surface area contributed by atoms with Gasteiger partial charge in [-0.05, 0) is 40.9 Å². The third kappa shape index (κ3) is 3.95. The number of amides is 1. The van der Waals surface area contributed by atoms with Crippen molar-refractivity contribution in [1.82, 2.24) is 29.3 Å². The molecule has 1 atom stereocenters. The molecule has 34 heavy (non-hydrogen) atoms. The lowest BCUT2D eigenvalue weighted by atomic mass is 9.92. The molecule has 4 heterocycles. The molecule has 1 saturated heterocycles. The first kappa shape index (κ1) is 22.5. The molecule has 1 unspecified atom stereocenters. The van der Waals surface area contributed by atoms with Crippen molar-refractivity contribution in [3.8, 4) is 16.8 Å². The second kappa shape index (κ2) is 9.16. The first-order valence-corrected chi connectivity index (χ1v) is 11.9. The minimum Gasteiger partial charge on any atom is -0.394 e. The van der Waals surface area contributed by atoms with Crippen molar-refractivity contribution in [2.24, 2.45) is 5.73 Å². The van der Waals surface area contributed by atoms with Crippen LogP contribution >= 0.6 is 15.9 Å². The van der Waals surface area contributed by atoms with E-state index >= 15 is 0 Å². The van der Waals surface area contributed by atoms with E-state index in [-0.39, 0.29) is 18.4 Å². The monoisotopic (exact) mass is 524 g/mol. The van der Waals surface area contributed by atoms with Gasteiger partial charge in [0.1, 0.15) is 11.9 Å². The fourth-order valence-electron chi connectivity index (χ4n) is 4.36. The summed E-state index contributed by atoms with van der Waals surface area (Å²) in [6.07, 6.45) is 6.93. The summed E-state index contributed by atoms with van der Waals surface area (Å²) in [7, 11) is 0. The number of hydrogen-bond donors (Lipinski definition) is 3. The highest BCUT2D eigenvalue weighted by molar-refractivity contribution is 9.10. The molecule has 0 radical (unpaired) electrons. The van der Waals surface area contributed by atoms with Crippen LogP contribution in [0.25, 0.3) is 22.5 Å². The van der Waals surface area contributed by atoms with Crippen molar-refractivity contribution in [1.29, 1.82) is 0 Å². The van der Waals surface area contributed by atoms with Gasteiger partial charge in [0, 0.05) is 36.3 Å². The van der Waals surface area contributed by atoms with E-state index < -0.39 is 6.04 Å². The molecule has 10 nitrogen and oxygen atoms in total. The summed E-state index contributed by atoms with van der Waals surface area (Å²) in [6, 6.07) is 9.00. The standard InChI is InChI=1S/C23H25BrN8O2/c24-19-20(14-6-8-30(9-7-14)23(34)18(25)13-33)29-22-17(11-28-32(22)21(19)26)15-10-27-31(12-15)16-4-2-1-3-5-16/h1-5,10-12,14,18,33H,6-9,13,25-26H2. The van der Waals surface area contributed by atoms with Crippen molar-refractivity contribution in [2.75, 3.05) is 25.4 Å². The van der Waals surface area contributed by atoms with E-state index in [1.54, 1.807) is 21.8 Å². The van der Waals surface area contributed by atoms with E-state index in [9.17, 15) is 9.90 Å². The molecule has 5 rings (SSSR count). The maximum atomic E-state index is 12.3. The van der Waals surface area contributed by atoms with Crippen molar-refractivity contribution < 1.29 is 9.90 Å². The largest absolute Gasteiger partial charge is 0.394 e. The van der Waals surface area contributed by atoms with Gasteiger partial charge in [0.15, 0.2) is 5.65 Å². The van der Waals surface area contributed by atoms with Gasteiger partial charge in [-0.2, -0.15) is 14.7 Å². The third-order valence-electron chi connectivity index (χ3n) is 6.27. The average molecular weight is 525 g/mol. The van der Waals surface area contributed by atoms with Crippen LogP contribution < -0.4 is 11.5 Å². The number of rotatable bonds is 5. The van der Waals surface area contributed by atoms with Crippen molar-refractivity contribution >= 4 is 33.3 Å². The number of fused-ring (bicyclic) bond motifs is 1. The second-order valence-corrected chi connectivity index (χ2v) is 9.18. The average Bonchev–Trinajstić information content (AvgIpc) is 3.53. The Morgan fingerprint density at radius 1 is 1.18 bits per heavy atom. The Balaban J connectivity index is 1.45. The molecule has 0 saturated carbocycles. The van der Waals surface area contributed by atoms with Crippen LogP contribution in [0.3, 0.4) is 0 Å². The summed E-state index contributed by atoms with van der Waals surface area (Å²) >= 11 is 3.62. The maximum absolute atomic E-state index is 12.3. The highest BCUT2D eigenvalue weighted by Gasteiger charge is 2.30. The summed E-state index contributed by atoms with van der Waals surface area (Å²) in [5, 5.41) is 18.1. The number of aliphatic hydroxyl groups is 1. The first-order chi connectivity index (χ1) is 16.5. The lowest BCUT2D eigenvalue weighted by molar-refractivity contribution is -0.134. The number of anilines is 1. The minimum absolute atomic E-state index is 0.117. The number of hydrogen-bond acceptors (Lipinski definition) is 7. The molecule has 1 fully saturated rings. The van der Waals surface area contributed by atoms with Crippen LogP contribution in [0.15, 0.2) is 53.4 Å². The summed E-state index contributed by atoms with van der Waals surface area (Å²) in [5.74, 6) is 0.366. The molecule has 3 aromatic heterocycles. The Morgan fingerprint density at radius 2 is 1.91 bits per heavy atom. The van der Waals surface area contributed by atoms with Gasteiger partial charge in [0.05, 0.1) is 34.9 Å². The van der Waals surface area contributed by atoms with Crippen LogP contribution in [0.4, 0.5) is 5.82 Å². The van der Waals surface area contributed by atoms with E-state index in [4.69, 9.17) is 16.5 Å². The van der Waals surface area contributed by atoms with Gasteiger partial charge >= 0.3 is 0 Å². The van der Waals surface area contributed by atoms with Gasteiger partial charge in [-0.3, -0.25) is 4.79 Å². The van der Waals surface area contributed by atoms with Crippen LogP contribution in [0.2, 0.25) is 0 Å². The summed E-state index contributed by atoms with van der Waals surface area (Å²) in [5.41, 5.74) is 16.3. The highest BCUT2D eigenvalue weighted by atomic mass is 79.9. The third-order valence-corrected chi connectivity index (χ3v) is 7.08. The smallest absolute Gasteiger partial charge is 0.241 e. The van der Waals surface area contributed by atoms with Crippen molar-refractivity contribution in [2.45, 2.75) is 24.8 Å². The molecular weight excluding hydrogens is 500 g/mol. The van der Waals surface area contributed by atoms with Crippen molar-refractivity contribution in [3.63, 3.8) is 0 Å². The number of nitrogens with two attached hydrogens (primary N) is 2. The molecule has 4 aromatic rings. The first-order valence-electron chi connectivity index (χ1n) is 11.1. The molecule has 1 aromatic carbocycles. The summed E-state index contributed by atoms with van der Waals surface area (Å²) < 4.78 is 4.15. The van der Waals surface area contributed by atoms with Gasteiger partial charge in [-0.1, -0.05) is 18.2 Å². The van der Waals surface area contributed by atoms with Crippen LogP contribution in [-0.4, -0.2) is 66.0 Å². The molecule has 1 aliphatic rings. The Kier molecular flexibility index (Phi) is 6.07. The predicted molar refractivity (Wildman–Crippen MR) is 131 cm³/mol. The Bertz CT molecular complexity index is 1330. The van der Waals surface area contributed by atoms with Crippen LogP contribution in [-0.2, 0) is 4.79 Å². The minimum atomic E-state index is -0.875. The zero-order chi connectivity index (χ0) is 23.8. The van der Waals surface area contributed by atoms with E-state index in [1.807, 2.05) is 41.2 Å². The number of benzene rings is 1. The molecule has 5 N–H and O–H groups in total. The highest BCUT2D eigenvalue weighted by Crippen LogP contribution is 2.37. The molecular formula is C23H25BrN8O2. The van der Waals surface area contributed by atoms with Gasteiger partial charge in [0.25, 0.3) is 0 Å². The summed E-state index contributed by atoms with van der Waals surface area (Å²) in [6.45, 7) is 0.739. The van der Waals surface area contributed by atoms with Gasteiger partial charge in [-0.25, -0.2) is 9.67 Å². The number of aromatic nitrogens is 5. The predicted octanol–water partition coefficient (Wildman–Crippen LogP) is 1.95. The fourth-order valence-corrected chi connectivity index (χ4v) is 4.94. The SMILES string of the molecule is Nc1c(Br)c(C2CCN(C(=O)C(N)CO)CC2)nc2c(-c3cnn(-c4ccccc4)c3)cnn12. The Morgan fingerprint density at radius 3 is 2.62 bits per heavy atom. The number of para-hydroxylation sites is 1. The van der Waals surface area contributed by atoms with E-state index in [0.29, 0.717) is 29.0 Å². The molecule has 1 amide bonds. The quantitative estimate of drug-likeness (QED) is 0.362. The molecule has 1 aliphatic heterocycles. The van der Waals surface area contributed by atoms with Gasteiger partial charge < -0.3 is 21.5 Å². The zero-order valence-electron chi connectivity index (χ0n) is 18.4. The molecule has 11 heteroatoms. The van der Waals surface area contributed by atoms with Crippen LogP contribution in [0, 0.1) is 0 Å². The Hall–Kier alpha value is -3.28. The zero-order valence-corrected chi connectivity index (χ0v) is 20.0. The number of carbonyl (C=O) groups is 1. The van der Waals surface area contributed by atoms with Crippen LogP contribution in [0.1, 0.15) is 24.5 Å². The number of piperidine rings is 1. The van der Waals surface area contributed by atoms with Crippen molar-refractivity contribution in [3.05, 3.63) is 59.1 Å². The topological polar surface area (TPSA) is 141 Å². The second-order valence-electron chi connectivity index (χ2n) is 8.39. The number of aliphatic hydroxyl groups excluding tert-OH is 1. The molecule has 0 bridgehead atoms. The maximum Gasteiger partial charge on any atom is 0.241 e. The van der Waals surface area contributed by atoms with Gasteiger partial charge in [0.2, 0.25) is 5.91 Å². The molecule has 0 aliphatic carbocycles. The van der Waals surface area contributed by atoms with Crippen LogP contribution in [0.5, 0.6) is 0 Å². The number of halogens is 1. The molecule has 0 spiro atoms. The van der Waals surface area contributed by atoms with E-state index in [2.05, 4.69) is 26.1 Å². The Labute approximate surface area is 204 Å². The normalized spacial score (nSPS) is 15.7. The fraction of sp³-hybridized carbons (Fsp3) is 0.304. The lowest BCUT2D eigenvalue weighted by Crippen LogP contribution is -2.48.